The molecule has 0 radical (unpaired) electrons. The van der Waals surface area contributed by atoms with Crippen LogP contribution in [0.25, 0.3) is 11.6 Å². The van der Waals surface area contributed by atoms with Gasteiger partial charge in [0.15, 0.2) is 11.6 Å². The first-order valence-electron chi connectivity index (χ1n) is 5.63. The topological polar surface area (TPSA) is 43.0 Å². The highest BCUT2D eigenvalue weighted by molar-refractivity contribution is 5.47. The summed E-state index contributed by atoms with van der Waals surface area (Å²) in [4.78, 5) is 4.26. The zero-order valence-corrected chi connectivity index (χ0v) is 9.31. The lowest BCUT2D eigenvalue weighted by Crippen LogP contribution is -2.14. The first kappa shape index (κ1) is 9.66. The maximum Gasteiger partial charge on any atom is 0.175 e. The van der Waals surface area contributed by atoms with Crippen molar-refractivity contribution in [3.05, 3.63) is 30.3 Å². The molecule has 1 N–H and O–H groups in total. The van der Waals surface area contributed by atoms with Crippen molar-refractivity contribution in [2.75, 3.05) is 0 Å². The standard InChI is InChI=1S/C12H15N3O/c1-15-7-6-13-12(15)11-5-4-10(16-11)8-14-9-2-3-9/h4-7,9,14H,2-3,8H2,1H3. The second-order valence-corrected chi connectivity index (χ2v) is 4.28. The van der Waals surface area contributed by atoms with Crippen molar-refractivity contribution in [2.45, 2.75) is 25.4 Å². The van der Waals surface area contributed by atoms with Crippen LogP contribution in [0.3, 0.4) is 0 Å². The van der Waals surface area contributed by atoms with Crippen molar-refractivity contribution in [1.82, 2.24) is 14.9 Å². The first-order chi connectivity index (χ1) is 7.83. The van der Waals surface area contributed by atoms with Crippen LogP contribution < -0.4 is 5.32 Å². The number of hydrogen-bond acceptors (Lipinski definition) is 3. The number of furan rings is 1. The molecular formula is C12H15N3O. The zero-order chi connectivity index (χ0) is 11.0. The number of aryl methyl sites for hydroxylation is 1. The van der Waals surface area contributed by atoms with Crippen LogP contribution in [0, 0.1) is 0 Å². The van der Waals surface area contributed by atoms with Crippen LogP contribution in [0.4, 0.5) is 0 Å². The number of aromatic nitrogens is 2. The van der Waals surface area contributed by atoms with Crippen molar-refractivity contribution >= 4 is 0 Å². The maximum atomic E-state index is 5.74. The molecule has 0 atom stereocenters. The van der Waals surface area contributed by atoms with Gasteiger partial charge in [-0.2, -0.15) is 0 Å². The Morgan fingerprint density at radius 1 is 1.50 bits per heavy atom. The van der Waals surface area contributed by atoms with Crippen molar-refractivity contribution in [1.29, 1.82) is 0 Å². The fraction of sp³-hybridized carbons (Fsp3) is 0.417. The molecule has 84 valence electrons. The third-order valence-corrected chi connectivity index (χ3v) is 2.85. The molecule has 4 nitrogen and oxygen atoms in total. The Morgan fingerprint density at radius 2 is 2.38 bits per heavy atom. The fourth-order valence-corrected chi connectivity index (χ4v) is 1.73. The van der Waals surface area contributed by atoms with Gasteiger partial charge in [0.05, 0.1) is 6.54 Å². The van der Waals surface area contributed by atoms with E-state index in [1.807, 2.05) is 29.9 Å². The summed E-state index contributed by atoms with van der Waals surface area (Å²) in [5.74, 6) is 2.68. The molecule has 4 heteroatoms. The van der Waals surface area contributed by atoms with Gasteiger partial charge in [-0.25, -0.2) is 4.98 Å². The molecule has 2 aromatic heterocycles. The van der Waals surface area contributed by atoms with E-state index in [4.69, 9.17) is 4.42 Å². The molecule has 1 aliphatic rings. The van der Waals surface area contributed by atoms with E-state index in [0.29, 0.717) is 6.04 Å². The lowest BCUT2D eigenvalue weighted by Gasteiger charge is -1.99. The monoisotopic (exact) mass is 217 g/mol. The van der Waals surface area contributed by atoms with Crippen LogP contribution in [-0.2, 0) is 13.6 Å². The second-order valence-electron chi connectivity index (χ2n) is 4.28. The van der Waals surface area contributed by atoms with Gasteiger partial charge in [0, 0.05) is 25.5 Å². The van der Waals surface area contributed by atoms with E-state index in [2.05, 4.69) is 10.3 Å². The molecule has 2 aromatic rings. The highest BCUT2D eigenvalue weighted by atomic mass is 16.3. The van der Waals surface area contributed by atoms with Crippen molar-refractivity contribution < 1.29 is 4.42 Å². The molecule has 0 amide bonds. The van der Waals surface area contributed by atoms with Crippen LogP contribution in [-0.4, -0.2) is 15.6 Å². The van der Waals surface area contributed by atoms with Gasteiger partial charge in [-0.15, -0.1) is 0 Å². The van der Waals surface area contributed by atoms with Gasteiger partial charge < -0.3 is 14.3 Å². The molecule has 0 aromatic carbocycles. The largest absolute Gasteiger partial charge is 0.456 e. The Balaban J connectivity index is 1.74. The quantitative estimate of drug-likeness (QED) is 0.851. The lowest BCUT2D eigenvalue weighted by molar-refractivity contribution is 0.488. The Morgan fingerprint density at radius 3 is 3.06 bits per heavy atom. The molecule has 16 heavy (non-hydrogen) atoms. The Bertz CT molecular complexity index is 482. The molecule has 1 aliphatic carbocycles. The molecule has 3 rings (SSSR count). The van der Waals surface area contributed by atoms with E-state index >= 15 is 0 Å². The summed E-state index contributed by atoms with van der Waals surface area (Å²) in [5, 5.41) is 3.43. The van der Waals surface area contributed by atoms with Gasteiger partial charge in [0.1, 0.15) is 5.76 Å². The van der Waals surface area contributed by atoms with E-state index in [9.17, 15) is 0 Å². The molecule has 1 fully saturated rings. The number of hydrogen-bond donors (Lipinski definition) is 1. The smallest absolute Gasteiger partial charge is 0.175 e. The summed E-state index contributed by atoms with van der Waals surface area (Å²) < 4.78 is 7.70. The number of rotatable bonds is 4. The van der Waals surface area contributed by atoms with Gasteiger partial charge in [-0.1, -0.05) is 0 Å². The third kappa shape index (κ3) is 1.88. The molecule has 0 spiro atoms. The van der Waals surface area contributed by atoms with Crippen LogP contribution in [0.15, 0.2) is 28.9 Å². The van der Waals surface area contributed by atoms with E-state index in [1.54, 1.807) is 6.20 Å². The van der Waals surface area contributed by atoms with Crippen LogP contribution >= 0.6 is 0 Å². The summed E-state index contributed by atoms with van der Waals surface area (Å²) in [6.07, 6.45) is 6.29. The summed E-state index contributed by atoms with van der Waals surface area (Å²) in [5.41, 5.74) is 0. The average molecular weight is 217 g/mol. The molecule has 0 unspecified atom stereocenters. The molecule has 2 heterocycles. The van der Waals surface area contributed by atoms with E-state index < -0.39 is 0 Å². The van der Waals surface area contributed by atoms with Crippen LogP contribution in [0.5, 0.6) is 0 Å². The Hall–Kier alpha value is -1.55. The van der Waals surface area contributed by atoms with Gasteiger partial charge >= 0.3 is 0 Å². The van der Waals surface area contributed by atoms with E-state index in [1.165, 1.54) is 12.8 Å². The minimum Gasteiger partial charge on any atom is -0.456 e. The molecular weight excluding hydrogens is 202 g/mol. The lowest BCUT2D eigenvalue weighted by atomic mass is 10.4. The number of imidazole rings is 1. The van der Waals surface area contributed by atoms with Crippen LogP contribution in [0.2, 0.25) is 0 Å². The van der Waals surface area contributed by atoms with Gasteiger partial charge in [0.2, 0.25) is 0 Å². The molecule has 1 saturated carbocycles. The zero-order valence-electron chi connectivity index (χ0n) is 9.31. The summed E-state index contributed by atoms with van der Waals surface area (Å²) in [6, 6.07) is 4.70. The number of nitrogens with zero attached hydrogens (tertiary/aromatic N) is 2. The Kier molecular flexibility index (Phi) is 2.29. The summed E-state index contributed by atoms with van der Waals surface area (Å²) in [6.45, 7) is 0.815. The fourth-order valence-electron chi connectivity index (χ4n) is 1.73. The van der Waals surface area contributed by atoms with Gasteiger partial charge in [0.25, 0.3) is 0 Å². The van der Waals surface area contributed by atoms with E-state index in [-0.39, 0.29) is 0 Å². The second kappa shape index (κ2) is 3.79. The highest BCUT2D eigenvalue weighted by Crippen LogP contribution is 2.22. The average Bonchev–Trinajstić information content (AvgIpc) is 2.82. The van der Waals surface area contributed by atoms with Gasteiger partial charge in [-0.05, 0) is 25.0 Å². The van der Waals surface area contributed by atoms with Crippen molar-refractivity contribution in [2.24, 2.45) is 7.05 Å². The summed E-state index contributed by atoms with van der Waals surface area (Å²) in [7, 11) is 1.97. The van der Waals surface area contributed by atoms with Gasteiger partial charge in [-0.3, -0.25) is 0 Å². The van der Waals surface area contributed by atoms with Crippen molar-refractivity contribution in [3.8, 4) is 11.6 Å². The molecule has 0 bridgehead atoms. The summed E-state index contributed by atoms with van der Waals surface area (Å²) >= 11 is 0. The van der Waals surface area contributed by atoms with Crippen molar-refractivity contribution in [3.63, 3.8) is 0 Å². The maximum absolute atomic E-state index is 5.74. The predicted molar refractivity (Wildman–Crippen MR) is 60.8 cm³/mol. The molecule has 0 aliphatic heterocycles. The molecule has 0 saturated heterocycles. The van der Waals surface area contributed by atoms with Crippen LogP contribution in [0.1, 0.15) is 18.6 Å². The third-order valence-electron chi connectivity index (χ3n) is 2.85. The normalized spacial score (nSPS) is 15.6. The SMILES string of the molecule is Cn1ccnc1-c1ccc(CNC2CC2)o1. The first-order valence-corrected chi connectivity index (χ1v) is 5.63. The minimum atomic E-state index is 0.710. The number of nitrogens with one attached hydrogen (secondary N) is 1. The Labute approximate surface area is 94.3 Å². The predicted octanol–water partition coefficient (Wildman–Crippen LogP) is 1.93. The minimum absolute atomic E-state index is 0.710. The van der Waals surface area contributed by atoms with E-state index in [0.717, 1.165) is 23.9 Å². The highest BCUT2D eigenvalue weighted by Gasteiger charge is 2.20.